The number of methoxy groups -OCH3 is 1. The van der Waals surface area contributed by atoms with E-state index in [1.54, 1.807) is 26.3 Å². The molecule has 1 aromatic heterocycles. The maximum Gasteiger partial charge on any atom is 0.407 e. The minimum Gasteiger partial charge on any atom is -0.493 e. The third kappa shape index (κ3) is 3.35. The standard InChI is InChI=1S/C19H24N2O5S/c1-11-19(3,12(2)22)14(10-21(11)18(23)24)13-5-6-15(25-4)16(9-13)26-17-20-7-8-27-17/h5-9,11-12,14,22H,10H2,1-4H3,(H,23,24)/t11?,12-,14-,19-/m0/s1. The third-order valence-corrected chi connectivity index (χ3v) is 6.49. The highest BCUT2D eigenvalue weighted by Gasteiger charge is 2.53. The van der Waals surface area contributed by atoms with Crippen LogP contribution in [0.3, 0.4) is 0 Å². The molecule has 0 spiro atoms. The molecule has 27 heavy (non-hydrogen) atoms. The average Bonchev–Trinajstić information content (AvgIpc) is 3.23. The molecular formula is C19H24N2O5S. The molecule has 1 aromatic carbocycles. The highest BCUT2D eigenvalue weighted by Crippen LogP contribution is 2.50. The number of thiazole rings is 1. The predicted octanol–water partition coefficient (Wildman–Crippen LogP) is 3.80. The van der Waals surface area contributed by atoms with Gasteiger partial charge in [-0.2, -0.15) is 0 Å². The van der Waals surface area contributed by atoms with Gasteiger partial charge in [-0.25, -0.2) is 9.78 Å². The van der Waals surface area contributed by atoms with Gasteiger partial charge < -0.3 is 24.6 Å². The molecule has 0 aliphatic carbocycles. The van der Waals surface area contributed by atoms with Crippen LogP contribution in [-0.4, -0.2) is 52.0 Å². The lowest BCUT2D eigenvalue weighted by molar-refractivity contribution is 0.0204. The third-order valence-electron chi connectivity index (χ3n) is 5.84. The first-order chi connectivity index (χ1) is 12.8. The van der Waals surface area contributed by atoms with E-state index in [0.717, 1.165) is 5.56 Å². The molecule has 2 heterocycles. The molecule has 1 aliphatic rings. The van der Waals surface area contributed by atoms with E-state index in [9.17, 15) is 15.0 Å². The molecule has 0 saturated carbocycles. The molecule has 1 aliphatic heterocycles. The van der Waals surface area contributed by atoms with Gasteiger partial charge in [0, 0.05) is 35.5 Å². The summed E-state index contributed by atoms with van der Waals surface area (Å²) in [6, 6.07) is 5.22. The van der Waals surface area contributed by atoms with Gasteiger partial charge in [-0.05, 0) is 31.5 Å². The molecule has 0 radical (unpaired) electrons. The largest absolute Gasteiger partial charge is 0.493 e. The quantitative estimate of drug-likeness (QED) is 0.804. The van der Waals surface area contributed by atoms with Crippen molar-refractivity contribution in [2.75, 3.05) is 13.7 Å². The number of ether oxygens (including phenoxy) is 2. The summed E-state index contributed by atoms with van der Waals surface area (Å²) in [7, 11) is 1.56. The zero-order valence-corrected chi connectivity index (χ0v) is 16.6. The number of nitrogens with zero attached hydrogens (tertiary/aromatic N) is 2. The molecular weight excluding hydrogens is 368 g/mol. The summed E-state index contributed by atoms with van der Waals surface area (Å²) in [4.78, 5) is 17.2. The summed E-state index contributed by atoms with van der Waals surface area (Å²) in [5, 5.41) is 22.4. The van der Waals surface area contributed by atoms with Gasteiger partial charge in [-0.3, -0.25) is 0 Å². The average molecular weight is 392 g/mol. The molecule has 1 fully saturated rings. The number of likely N-dealkylation sites (tertiary alicyclic amines) is 1. The maximum absolute atomic E-state index is 11.7. The van der Waals surface area contributed by atoms with Crippen molar-refractivity contribution >= 4 is 17.4 Å². The molecule has 3 rings (SSSR count). The van der Waals surface area contributed by atoms with Crippen molar-refractivity contribution in [1.29, 1.82) is 0 Å². The van der Waals surface area contributed by atoms with Gasteiger partial charge in [-0.1, -0.05) is 24.3 Å². The van der Waals surface area contributed by atoms with Gasteiger partial charge in [0.2, 0.25) is 0 Å². The van der Waals surface area contributed by atoms with Crippen molar-refractivity contribution in [3.8, 4) is 16.7 Å². The minimum absolute atomic E-state index is 0.187. The van der Waals surface area contributed by atoms with Crippen LogP contribution in [0.4, 0.5) is 4.79 Å². The number of hydrogen-bond donors (Lipinski definition) is 2. The number of rotatable bonds is 5. The first-order valence-corrected chi connectivity index (χ1v) is 9.59. The molecule has 2 N–H and O–H groups in total. The zero-order valence-electron chi connectivity index (χ0n) is 15.7. The van der Waals surface area contributed by atoms with Gasteiger partial charge in [0.1, 0.15) is 0 Å². The SMILES string of the molecule is COc1ccc([C@@H]2CN(C(=O)O)C(C)[C@@]2(C)[C@H](C)O)cc1Oc1nccs1. The van der Waals surface area contributed by atoms with E-state index in [1.165, 1.54) is 16.2 Å². The summed E-state index contributed by atoms with van der Waals surface area (Å²) in [5.41, 5.74) is 0.257. The van der Waals surface area contributed by atoms with E-state index in [1.807, 2.05) is 31.4 Å². The Morgan fingerprint density at radius 2 is 2.19 bits per heavy atom. The van der Waals surface area contributed by atoms with Gasteiger partial charge in [0.05, 0.1) is 13.2 Å². The molecule has 1 saturated heterocycles. The van der Waals surface area contributed by atoms with Crippen LogP contribution >= 0.6 is 11.3 Å². The molecule has 2 aromatic rings. The van der Waals surface area contributed by atoms with Crippen molar-refractivity contribution in [3.63, 3.8) is 0 Å². The molecule has 7 nitrogen and oxygen atoms in total. The van der Waals surface area contributed by atoms with Crippen LogP contribution < -0.4 is 9.47 Å². The monoisotopic (exact) mass is 392 g/mol. The second-order valence-electron chi connectivity index (χ2n) is 7.02. The van der Waals surface area contributed by atoms with Crippen LogP contribution in [0.25, 0.3) is 0 Å². The van der Waals surface area contributed by atoms with Crippen molar-refractivity contribution in [2.24, 2.45) is 5.41 Å². The Morgan fingerprint density at radius 1 is 1.44 bits per heavy atom. The number of hydrogen-bond acceptors (Lipinski definition) is 6. The number of amides is 1. The van der Waals surface area contributed by atoms with Crippen LogP contribution in [0.1, 0.15) is 32.3 Å². The normalized spacial score (nSPS) is 26.0. The van der Waals surface area contributed by atoms with Crippen molar-refractivity contribution in [2.45, 2.75) is 38.8 Å². The second-order valence-corrected chi connectivity index (χ2v) is 7.87. The van der Waals surface area contributed by atoms with Gasteiger partial charge in [0.15, 0.2) is 11.5 Å². The van der Waals surface area contributed by atoms with E-state index in [4.69, 9.17) is 9.47 Å². The fraction of sp³-hybridized carbons (Fsp3) is 0.474. The van der Waals surface area contributed by atoms with Crippen molar-refractivity contribution < 1.29 is 24.5 Å². The van der Waals surface area contributed by atoms with Gasteiger partial charge in [0.25, 0.3) is 5.19 Å². The summed E-state index contributed by atoms with van der Waals surface area (Å²) < 4.78 is 11.2. The van der Waals surface area contributed by atoms with E-state index in [-0.39, 0.29) is 12.0 Å². The first kappa shape index (κ1) is 19.4. The Morgan fingerprint density at radius 3 is 2.74 bits per heavy atom. The molecule has 4 atom stereocenters. The Labute approximate surface area is 162 Å². The van der Waals surface area contributed by atoms with Crippen LogP contribution in [0.15, 0.2) is 29.8 Å². The lowest BCUT2D eigenvalue weighted by Crippen LogP contribution is -2.45. The van der Waals surface area contributed by atoms with Crippen LogP contribution in [0.5, 0.6) is 16.7 Å². The van der Waals surface area contributed by atoms with E-state index in [0.29, 0.717) is 23.2 Å². The van der Waals surface area contributed by atoms with Crippen molar-refractivity contribution in [3.05, 3.63) is 35.3 Å². The lowest BCUT2D eigenvalue weighted by Gasteiger charge is -2.38. The fourth-order valence-corrected chi connectivity index (χ4v) is 4.37. The second kappa shape index (κ2) is 7.36. The molecule has 0 bridgehead atoms. The van der Waals surface area contributed by atoms with E-state index < -0.39 is 17.6 Å². The predicted molar refractivity (Wildman–Crippen MR) is 102 cm³/mol. The maximum atomic E-state index is 11.7. The van der Waals surface area contributed by atoms with Crippen LogP contribution in [0.2, 0.25) is 0 Å². The summed E-state index contributed by atoms with van der Waals surface area (Å²) in [6.45, 7) is 5.80. The molecule has 146 valence electrons. The highest BCUT2D eigenvalue weighted by atomic mass is 32.1. The van der Waals surface area contributed by atoms with Gasteiger partial charge >= 0.3 is 6.09 Å². The topological polar surface area (TPSA) is 92.1 Å². The van der Waals surface area contributed by atoms with Crippen molar-refractivity contribution in [1.82, 2.24) is 9.88 Å². The Balaban J connectivity index is 2.02. The Hall–Kier alpha value is -2.32. The Kier molecular flexibility index (Phi) is 5.30. The van der Waals surface area contributed by atoms with Crippen LogP contribution in [0, 0.1) is 5.41 Å². The fourth-order valence-electron chi connectivity index (χ4n) is 3.87. The first-order valence-electron chi connectivity index (χ1n) is 8.72. The zero-order chi connectivity index (χ0) is 19.8. The smallest absolute Gasteiger partial charge is 0.407 e. The number of carbonyl (C=O) groups is 1. The molecule has 8 heteroatoms. The Bertz CT molecular complexity index is 810. The highest BCUT2D eigenvalue weighted by molar-refractivity contribution is 7.11. The number of aliphatic hydroxyl groups excluding tert-OH is 1. The van der Waals surface area contributed by atoms with Gasteiger partial charge in [-0.15, -0.1) is 0 Å². The summed E-state index contributed by atoms with van der Waals surface area (Å²) in [6.07, 6.45) is -0.0125. The number of aromatic nitrogens is 1. The number of carboxylic acid groups (broad SMARTS) is 1. The number of benzene rings is 1. The molecule has 1 amide bonds. The summed E-state index contributed by atoms with van der Waals surface area (Å²) in [5.74, 6) is 0.890. The minimum atomic E-state index is -0.982. The van der Waals surface area contributed by atoms with E-state index >= 15 is 0 Å². The molecule has 1 unspecified atom stereocenters. The lowest BCUT2D eigenvalue weighted by atomic mass is 9.69. The summed E-state index contributed by atoms with van der Waals surface area (Å²) >= 11 is 1.37. The van der Waals surface area contributed by atoms with Crippen LogP contribution in [-0.2, 0) is 0 Å². The number of aliphatic hydroxyl groups is 1. The van der Waals surface area contributed by atoms with E-state index in [2.05, 4.69) is 4.98 Å².